The molecule has 0 heterocycles. The molecule has 0 atom stereocenters. The van der Waals surface area contributed by atoms with Gasteiger partial charge in [-0.25, -0.2) is 0 Å². The van der Waals surface area contributed by atoms with Crippen molar-refractivity contribution in [3.8, 4) is 17.2 Å². The number of rotatable bonds is 3. The van der Waals surface area contributed by atoms with Crippen LogP contribution in [0.25, 0.3) is 0 Å². The van der Waals surface area contributed by atoms with Crippen LogP contribution in [0.2, 0.25) is 0 Å². The van der Waals surface area contributed by atoms with Gasteiger partial charge in [0, 0.05) is 0 Å². The number of nitrogens with two attached hydrogens (primary N) is 1. The smallest absolute Gasteiger partial charge is 0.169 e. The highest BCUT2D eigenvalue weighted by Crippen LogP contribution is 2.32. The molecule has 0 saturated carbocycles. The maximum absolute atomic E-state index is 9.77. The molecule has 0 aliphatic heterocycles. The average Bonchev–Trinajstić information content (AvgIpc) is 2.33. The van der Waals surface area contributed by atoms with Gasteiger partial charge in [0.05, 0.1) is 5.56 Å². The maximum Gasteiger partial charge on any atom is 0.169 e. The molecule has 0 saturated heterocycles. The molecule has 2 aromatic rings. The van der Waals surface area contributed by atoms with Gasteiger partial charge in [-0.05, 0) is 36.8 Å². The number of aromatic hydroxyl groups is 1. The summed E-state index contributed by atoms with van der Waals surface area (Å²) < 4.78 is 5.59. The second-order valence-corrected chi connectivity index (χ2v) is 3.98. The van der Waals surface area contributed by atoms with E-state index in [4.69, 9.17) is 15.9 Å². The molecule has 2 aromatic carbocycles. The van der Waals surface area contributed by atoms with E-state index in [9.17, 15) is 5.11 Å². The van der Waals surface area contributed by atoms with Crippen molar-refractivity contribution >= 4 is 5.84 Å². The minimum absolute atomic E-state index is 0.0633. The summed E-state index contributed by atoms with van der Waals surface area (Å²) in [4.78, 5) is 0. The molecule has 0 aliphatic carbocycles. The molecule has 0 amide bonds. The van der Waals surface area contributed by atoms with Crippen molar-refractivity contribution in [2.24, 2.45) is 5.73 Å². The van der Waals surface area contributed by atoms with Crippen molar-refractivity contribution in [1.82, 2.24) is 0 Å². The van der Waals surface area contributed by atoms with Crippen LogP contribution in [0.4, 0.5) is 0 Å². The van der Waals surface area contributed by atoms with Crippen LogP contribution < -0.4 is 10.5 Å². The van der Waals surface area contributed by atoms with Gasteiger partial charge in [0.1, 0.15) is 11.6 Å². The molecule has 4 N–H and O–H groups in total. The number of ether oxygens (including phenoxy) is 1. The van der Waals surface area contributed by atoms with E-state index >= 15 is 0 Å². The number of nitrogen functional groups attached to an aromatic ring is 1. The second kappa shape index (κ2) is 4.79. The molecule has 0 aromatic heterocycles. The molecular formula is C14H14N2O2. The molecule has 2 rings (SSSR count). The maximum atomic E-state index is 9.77. The van der Waals surface area contributed by atoms with Crippen molar-refractivity contribution in [3.63, 3.8) is 0 Å². The summed E-state index contributed by atoms with van der Waals surface area (Å²) in [5.74, 6) is 0.781. The van der Waals surface area contributed by atoms with Crippen LogP contribution in [0.15, 0.2) is 42.5 Å². The Labute approximate surface area is 105 Å². The number of benzene rings is 2. The minimum atomic E-state index is -0.0720. The van der Waals surface area contributed by atoms with E-state index in [1.807, 2.05) is 13.0 Å². The third-order valence-corrected chi connectivity index (χ3v) is 2.51. The molecule has 0 radical (unpaired) electrons. The van der Waals surface area contributed by atoms with E-state index in [0.717, 1.165) is 5.56 Å². The van der Waals surface area contributed by atoms with Gasteiger partial charge in [0.2, 0.25) is 0 Å². The van der Waals surface area contributed by atoms with Crippen LogP contribution in [0, 0.1) is 12.3 Å². The van der Waals surface area contributed by atoms with Crippen LogP contribution in [0.3, 0.4) is 0 Å². The first-order chi connectivity index (χ1) is 8.58. The van der Waals surface area contributed by atoms with Crippen molar-refractivity contribution in [2.75, 3.05) is 0 Å². The Bertz CT molecular complexity index is 594. The fraction of sp³-hybridized carbons (Fsp3) is 0.0714. The number of aryl methyl sites for hydroxylation is 1. The number of para-hydroxylation sites is 1. The lowest BCUT2D eigenvalue weighted by molar-refractivity contribution is 0.410. The van der Waals surface area contributed by atoms with Crippen molar-refractivity contribution in [2.45, 2.75) is 6.92 Å². The second-order valence-electron chi connectivity index (χ2n) is 3.98. The van der Waals surface area contributed by atoms with E-state index < -0.39 is 0 Å². The number of phenols is 1. The first kappa shape index (κ1) is 12.0. The number of amidine groups is 1. The van der Waals surface area contributed by atoms with Gasteiger partial charge >= 0.3 is 0 Å². The minimum Gasteiger partial charge on any atom is -0.504 e. The first-order valence-corrected chi connectivity index (χ1v) is 5.49. The fourth-order valence-corrected chi connectivity index (χ4v) is 1.61. The number of nitrogens with one attached hydrogen (secondary N) is 1. The molecule has 0 aliphatic rings. The predicted octanol–water partition coefficient (Wildman–Crippen LogP) is 2.78. The normalized spacial score (nSPS) is 10.1. The van der Waals surface area contributed by atoms with Gasteiger partial charge in [0.15, 0.2) is 11.5 Å². The van der Waals surface area contributed by atoms with E-state index in [1.54, 1.807) is 36.4 Å². The van der Waals surface area contributed by atoms with Crippen molar-refractivity contribution < 1.29 is 9.84 Å². The molecule has 4 nitrogen and oxygen atoms in total. The van der Waals surface area contributed by atoms with Gasteiger partial charge < -0.3 is 15.6 Å². The van der Waals surface area contributed by atoms with Crippen molar-refractivity contribution in [3.05, 3.63) is 53.6 Å². The van der Waals surface area contributed by atoms with E-state index in [1.165, 1.54) is 0 Å². The number of hydrogen-bond acceptors (Lipinski definition) is 3. The summed E-state index contributed by atoms with van der Waals surface area (Å²) in [7, 11) is 0. The van der Waals surface area contributed by atoms with Crippen LogP contribution in [-0.2, 0) is 0 Å². The van der Waals surface area contributed by atoms with Crippen LogP contribution in [0.5, 0.6) is 17.2 Å². The zero-order valence-electron chi connectivity index (χ0n) is 9.97. The molecule has 18 heavy (non-hydrogen) atoms. The monoisotopic (exact) mass is 242 g/mol. The van der Waals surface area contributed by atoms with Gasteiger partial charge in [-0.15, -0.1) is 0 Å². The zero-order chi connectivity index (χ0) is 13.1. The third-order valence-electron chi connectivity index (χ3n) is 2.51. The topological polar surface area (TPSA) is 79.3 Å². The molecular weight excluding hydrogens is 228 g/mol. The summed E-state index contributed by atoms with van der Waals surface area (Å²) in [5.41, 5.74) is 6.91. The highest BCUT2D eigenvalue weighted by Gasteiger charge is 2.09. The van der Waals surface area contributed by atoms with Crippen LogP contribution >= 0.6 is 0 Å². The molecule has 0 fully saturated rings. The molecule has 0 unspecified atom stereocenters. The Balaban J connectivity index is 2.37. The van der Waals surface area contributed by atoms with E-state index in [-0.39, 0.29) is 11.6 Å². The lowest BCUT2D eigenvalue weighted by atomic mass is 10.2. The van der Waals surface area contributed by atoms with Gasteiger partial charge in [-0.2, -0.15) is 0 Å². The average molecular weight is 242 g/mol. The largest absolute Gasteiger partial charge is 0.504 e. The van der Waals surface area contributed by atoms with Gasteiger partial charge in [0.25, 0.3) is 0 Å². The van der Waals surface area contributed by atoms with E-state index in [0.29, 0.717) is 17.1 Å². The predicted molar refractivity (Wildman–Crippen MR) is 70.4 cm³/mol. The van der Waals surface area contributed by atoms with Crippen LogP contribution in [0.1, 0.15) is 11.1 Å². The molecule has 92 valence electrons. The Hall–Kier alpha value is -2.49. The third kappa shape index (κ3) is 2.43. The molecule has 0 spiro atoms. The Morgan fingerprint density at radius 2 is 1.89 bits per heavy atom. The van der Waals surface area contributed by atoms with Crippen LogP contribution in [-0.4, -0.2) is 10.9 Å². The lowest BCUT2D eigenvalue weighted by Crippen LogP contribution is -2.12. The summed E-state index contributed by atoms with van der Waals surface area (Å²) in [6.45, 7) is 1.88. The molecule has 0 bridgehead atoms. The standard InChI is InChI=1S/C14H14N2O2/c1-9-6-7-13(11(17)8-9)18-12-5-3-2-4-10(12)14(15)16/h2-8,17H,1H3,(H3,15,16). The number of phenolic OH excluding ortho intramolecular Hbond substituents is 1. The zero-order valence-corrected chi connectivity index (χ0v) is 9.97. The SMILES string of the molecule is Cc1ccc(Oc2ccccc2C(=N)N)c(O)c1. The summed E-state index contributed by atoms with van der Waals surface area (Å²) in [6.07, 6.45) is 0. The summed E-state index contributed by atoms with van der Waals surface area (Å²) >= 11 is 0. The van der Waals surface area contributed by atoms with Gasteiger partial charge in [-0.1, -0.05) is 18.2 Å². The summed E-state index contributed by atoms with van der Waals surface area (Å²) in [6, 6.07) is 12.1. The Kier molecular flexibility index (Phi) is 3.19. The fourth-order valence-electron chi connectivity index (χ4n) is 1.61. The quantitative estimate of drug-likeness (QED) is 0.572. The van der Waals surface area contributed by atoms with E-state index in [2.05, 4.69) is 0 Å². The lowest BCUT2D eigenvalue weighted by Gasteiger charge is -2.11. The highest BCUT2D eigenvalue weighted by atomic mass is 16.5. The van der Waals surface area contributed by atoms with Gasteiger partial charge in [-0.3, -0.25) is 5.41 Å². The Morgan fingerprint density at radius 1 is 1.17 bits per heavy atom. The highest BCUT2D eigenvalue weighted by molar-refractivity contribution is 5.97. The summed E-state index contributed by atoms with van der Waals surface area (Å²) in [5, 5.41) is 17.2. The number of hydrogen-bond donors (Lipinski definition) is 3. The first-order valence-electron chi connectivity index (χ1n) is 5.49. The Morgan fingerprint density at radius 3 is 2.56 bits per heavy atom. The molecule has 4 heteroatoms. The van der Waals surface area contributed by atoms with Crippen molar-refractivity contribution in [1.29, 1.82) is 5.41 Å².